The van der Waals surface area contributed by atoms with Crippen LogP contribution in [0.1, 0.15) is 32.8 Å². The molecule has 0 aliphatic carbocycles. The first-order valence-corrected chi connectivity index (χ1v) is 7.00. The third-order valence-electron chi connectivity index (χ3n) is 3.26. The minimum absolute atomic E-state index is 0. The van der Waals surface area contributed by atoms with Gasteiger partial charge in [0.15, 0.2) is 0 Å². The number of amides is 1. The van der Waals surface area contributed by atoms with E-state index in [1.807, 2.05) is 6.92 Å². The Hall–Kier alpha value is -1.66. The predicted molar refractivity (Wildman–Crippen MR) is 89.1 cm³/mol. The van der Waals surface area contributed by atoms with Crippen LogP contribution in [0.2, 0.25) is 0 Å². The van der Waals surface area contributed by atoms with E-state index in [0.717, 1.165) is 12.0 Å². The number of carbonyl (C=O) groups excluding carboxylic acids is 1. The summed E-state index contributed by atoms with van der Waals surface area (Å²) in [5.74, 6) is 0.302. The van der Waals surface area contributed by atoms with Crippen LogP contribution < -0.4 is 11.1 Å². The average Bonchev–Trinajstić information content (AvgIpc) is 2.38. The van der Waals surface area contributed by atoms with Crippen LogP contribution in [0, 0.1) is 16.0 Å². The number of nitrogens with two attached hydrogens (primary N) is 1. The number of benzene rings is 1. The highest BCUT2D eigenvalue weighted by Gasteiger charge is 2.25. The van der Waals surface area contributed by atoms with Crippen molar-refractivity contribution in [1.29, 1.82) is 0 Å². The molecule has 0 aliphatic heterocycles. The Morgan fingerprint density at radius 3 is 2.32 bits per heavy atom. The molecule has 1 aromatic carbocycles. The number of nitro groups is 1. The van der Waals surface area contributed by atoms with Gasteiger partial charge in [-0.05, 0) is 24.8 Å². The van der Waals surface area contributed by atoms with Gasteiger partial charge in [0, 0.05) is 24.2 Å². The van der Waals surface area contributed by atoms with Crippen LogP contribution in [0.4, 0.5) is 5.69 Å². The molecule has 0 spiro atoms. The van der Waals surface area contributed by atoms with Gasteiger partial charge in [0.2, 0.25) is 5.91 Å². The Balaban J connectivity index is 0.00000441. The highest BCUT2D eigenvalue weighted by Crippen LogP contribution is 2.16. The van der Waals surface area contributed by atoms with Crippen LogP contribution in [0.5, 0.6) is 0 Å². The van der Waals surface area contributed by atoms with Gasteiger partial charge in [-0.2, -0.15) is 0 Å². The molecule has 0 fully saturated rings. The lowest BCUT2D eigenvalue weighted by molar-refractivity contribution is -0.384. The van der Waals surface area contributed by atoms with Gasteiger partial charge in [0.1, 0.15) is 0 Å². The molecule has 7 heteroatoms. The summed E-state index contributed by atoms with van der Waals surface area (Å²) in [5, 5.41) is 13.5. The monoisotopic (exact) mass is 329 g/mol. The fraction of sp³-hybridized carbons (Fsp3) is 0.533. The third kappa shape index (κ3) is 6.41. The molecule has 3 N–H and O–H groups in total. The van der Waals surface area contributed by atoms with Crippen LogP contribution in [0.3, 0.4) is 0 Å². The minimum atomic E-state index is -0.460. The van der Waals surface area contributed by atoms with E-state index >= 15 is 0 Å². The first kappa shape index (κ1) is 20.3. The summed E-state index contributed by atoms with van der Waals surface area (Å²) in [5.41, 5.74) is 6.09. The zero-order valence-electron chi connectivity index (χ0n) is 13.2. The number of nitro benzene ring substituents is 1. The average molecular weight is 330 g/mol. The van der Waals surface area contributed by atoms with Gasteiger partial charge in [-0.25, -0.2) is 0 Å². The van der Waals surface area contributed by atoms with Crippen molar-refractivity contribution in [2.75, 3.05) is 6.54 Å². The third-order valence-corrected chi connectivity index (χ3v) is 3.26. The summed E-state index contributed by atoms with van der Waals surface area (Å²) < 4.78 is 0. The molecule has 0 aromatic heterocycles. The largest absolute Gasteiger partial charge is 0.349 e. The maximum atomic E-state index is 12.1. The van der Waals surface area contributed by atoms with Gasteiger partial charge in [-0.1, -0.05) is 26.0 Å². The van der Waals surface area contributed by atoms with E-state index < -0.39 is 10.5 Å². The molecule has 1 atom stereocenters. The van der Waals surface area contributed by atoms with Crippen molar-refractivity contribution in [2.24, 2.45) is 11.7 Å². The van der Waals surface area contributed by atoms with Gasteiger partial charge in [-0.3, -0.25) is 14.9 Å². The van der Waals surface area contributed by atoms with Crippen molar-refractivity contribution >= 4 is 24.0 Å². The second-order valence-electron chi connectivity index (χ2n) is 6.01. The molecule has 1 aromatic rings. The first-order chi connectivity index (χ1) is 9.75. The molecule has 0 aliphatic rings. The molecule has 0 bridgehead atoms. The molecule has 0 saturated carbocycles. The van der Waals surface area contributed by atoms with Crippen molar-refractivity contribution < 1.29 is 9.72 Å². The summed E-state index contributed by atoms with van der Waals surface area (Å²) in [7, 11) is 0. The molecular weight excluding hydrogens is 306 g/mol. The molecule has 1 unspecified atom stereocenters. The number of nitrogens with zero attached hydrogens (tertiary/aromatic N) is 1. The molecule has 124 valence electrons. The Labute approximate surface area is 137 Å². The van der Waals surface area contributed by atoms with Crippen LogP contribution in [-0.2, 0) is 11.2 Å². The van der Waals surface area contributed by atoms with Gasteiger partial charge < -0.3 is 11.1 Å². The molecule has 0 heterocycles. The number of halogens is 1. The fourth-order valence-electron chi connectivity index (χ4n) is 2.39. The Bertz CT molecular complexity index is 505. The Kier molecular flexibility index (Phi) is 8.05. The van der Waals surface area contributed by atoms with E-state index in [9.17, 15) is 14.9 Å². The van der Waals surface area contributed by atoms with Crippen molar-refractivity contribution in [2.45, 2.75) is 39.2 Å². The van der Waals surface area contributed by atoms with Gasteiger partial charge in [0.25, 0.3) is 5.69 Å². The molecule has 6 nitrogen and oxygen atoms in total. The van der Waals surface area contributed by atoms with Crippen LogP contribution in [0.15, 0.2) is 24.3 Å². The van der Waals surface area contributed by atoms with Crippen molar-refractivity contribution in [3.05, 3.63) is 39.9 Å². The second kappa shape index (κ2) is 8.70. The molecule has 1 rings (SSSR count). The van der Waals surface area contributed by atoms with E-state index in [1.54, 1.807) is 12.1 Å². The van der Waals surface area contributed by atoms with Gasteiger partial charge >= 0.3 is 0 Å². The summed E-state index contributed by atoms with van der Waals surface area (Å²) in [6, 6.07) is 6.00. The van der Waals surface area contributed by atoms with Crippen molar-refractivity contribution in [1.82, 2.24) is 5.32 Å². The predicted octanol–water partition coefficient (Wildman–Crippen LogP) is 2.44. The standard InChI is InChI=1S/C15H23N3O3.ClH/c1-11(2)9-15(3,10-16)17-14(19)8-12-4-6-13(7-5-12)18(20)21;/h4-7,11H,8-10,16H2,1-3H3,(H,17,19);1H. The van der Waals surface area contributed by atoms with Crippen LogP contribution >= 0.6 is 12.4 Å². The zero-order chi connectivity index (χ0) is 16.0. The summed E-state index contributed by atoms with van der Waals surface area (Å²) in [6.45, 7) is 6.46. The second-order valence-corrected chi connectivity index (χ2v) is 6.01. The van der Waals surface area contributed by atoms with Gasteiger partial charge in [-0.15, -0.1) is 12.4 Å². The Morgan fingerprint density at radius 1 is 1.36 bits per heavy atom. The lowest BCUT2D eigenvalue weighted by Gasteiger charge is -2.31. The molecule has 1 amide bonds. The smallest absolute Gasteiger partial charge is 0.269 e. The van der Waals surface area contributed by atoms with E-state index in [4.69, 9.17) is 5.73 Å². The van der Waals surface area contributed by atoms with Gasteiger partial charge in [0.05, 0.1) is 11.3 Å². The molecule has 0 saturated heterocycles. The lowest BCUT2D eigenvalue weighted by Crippen LogP contribution is -2.52. The fourth-order valence-corrected chi connectivity index (χ4v) is 2.39. The quantitative estimate of drug-likeness (QED) is 0.593. The van der Waals surface area contributed by atoms with Crippen LogP contribution in [-0.4, -0.2) is 22.9 Å². The van der Waals surface area contributed by atoms with Crippen LogP contribution in [0.25, 0.3) is 0 Å². The number of non-ortho nitro benzene ring substituents is 1. The highest BCUT2D eigenvalue weighted by molar-refractivity contribution is 5.85. The first-order valence-electron chi connectivity index (χ1n) is 7.00. The number of hydrogen-bond acceptors (Lipinski definition) is 4. The summed E-state index contributed by atoms with van der Waals surface area (Å²) in [4.78, 5) is 22.2. The topological polar surface area (TPSA) is 98.3 Å². The Morgan fingerprint density at radius 2 is 1.91 bits per heavy atom. The highest BCUT2D eigenvalue weighted by atomic mass is 35.5. The maximum absolute atomic E-state index is 12.1. The van der Waals surface area contributed by atoms with Crippen molar-refractivity contribution in [3.8, 4) is 0 Å². The number of hydrogen-bond donors (Lipinski definition) is 2. The number of carbonyl (C=O) groups is 1. The maximum Gasteiger partial charge on any atom is 0.269 e. The lowest BCUT2D eigenvalue weighted by atomic mass is 9.90. The summed E-state index contributed by atoms with van der Waals surface area (Å²) in [6.07, 6.45) is 0.987. The number of rotatable bonds is 7. The van der Waals surface area contributed by atoms with E-state index in [-0.39, 0.29) is 30.4 Å². The molecular formula is C15H24ClN3O3. The van der Waals surface area contributed by atoms with E-state index in [1.165, 1.54) is 12.1 Å². The van der Waals surface area contributed by atoms with E-state index in [2.05, 4.69) is 19.2 Å². The molecule has 22 heavy (non-hydrogen) atoms. The number of nitrogens with one attached hydrogen (secondary N) is 1. The van der Waals surface area contributed by atoms with E-state index in [0.29, 0.717) is 12.5 Å². The van der Waals surface area contributed by atoms with Crippen molar-refractivity contribution in [3.63, 3.8) is 0 Å². The molecule has 0 radical (unpaired) electrons. The summed E-state index contributed by atoms with van der Waals surface area (Å²) >= 11 is 0. The SMILES string of the molecule is CC(C)CC(C)(CN)NC(=O)Cc1ccc([N+](=O)[O-])cc1.Cl. The zero-order valence-corrected chi connectivity index (χ0v) is 14.0. The normalized spacial score (nSPS) is 13.1. The minimum Gasteiger partial charge on any atom is -0.349 e.